The van der Waals surface area contributed by atoms with Gasteiger partial charge in [0.1, 0.15) is 0 Å². The van der Waals surface area contributed by atoms with Gasteiger partial charge >= 0.3 is 0 Å². The third kappa shape index (κ3) is 11.9. The lowest BCUT2D eigenvalue weighted by Crippen LogP contribution is -1.90. The predicted octanol–water partition coefficient (Wildman–Crippen LogP) is 9.04. The molecule has 0 spiro atoms. The van der Waals surface area contributed by atoms with Gasteiger partial charge in [-0.1, -0.05) is 105 Å². The standard InChI is InChI=1S/C20H28.C6H14/c1-6-17(4)18(5)15-19(7-2)12-13-20-11-9-8-10-16(3)14-20;1-3-5-6-4-2/h6-9,11,14H,1,10,12-13,15H2,2-5H3;3-6H2,1-2H3/b18-17-,19-7-;. The summed E-state index contributed by atoms with van der Waals surface area (Å²) in [5, 5.41) is 0. The maximum absolute atomic E-state index is 3.85. The Bertz CT molecular complexity index is 543. The van der Waals surface area contributed by atoms with E-state index in [-0.39, 0.29) is 0 Å². The largest absolute Gasteiger partial charge is 0.0988 e. The van der Waals surface area contributed by atoms with Gasteiger partial charge in [0, 0.05) is 0 Å². The maximum atomic E-state index is 3.85. The summed E-state index contributed by atoms with van der Waals surface area (Å²) in [5.74, 6) is 0. The lowest BCUT2D eigenvalue weighted by Gasteiger charge is -2.10. The molecule has 0 N–H and O–H groups in total. The highest BCUT2D eigenvalue weighted by Gasteiger charge is 2.03. The summed E-state index contributed by atoms with van der Waals surface area (Å²) >= 11 is 0. The van der Waals surface area contributed by atoms with Gasteiger partial charge in [0.15, 0.2) is 0 Å². The van der Waals surface area contributed by atoms with Crippen molar-refractivity contribution in [2.24, 2.45) is 0 Å². The molecule has 146 valence electrons. The molecule has 0 heterocycles. The summed E-state index contributed by atoms with van der Waals surface area (Å²) in [4.78, 5) is 0. The van der Waals surface area contributed by atoms with E-state index in [9.17, 15) is 0 Å². The Hall–Kier alpha value is -1.56. The summed E-state index contributed by atoms with van der Waals surface area (Å²) < 4.78 is 0. The van der Waals surface area contributed by atoms with Crippen molar-refractivity contribution in [3.63, 3.8) is 0 Å². The van der Waals surface area contributed by atoms with Gasteiger partial charge in [0.2, 0.25) is 0 Å². The lowest BCUT2D eigenvalue weighted by atomic mass is 9.96. The fourth-order valence-corrected chi connectivity index (χ4v) is 2.82. The Morgan fingerprint density at radius 3 is 2.35 bits per heavy atom. The average molecular weight is 355 g/mol. The molecular weight excluding hydrogens is 312 g/mol. The molecule has 1 rings (SSSR count). The molecule has 0 fully saturated rings. The molecule has 0 atom stereocenters. The third-order valence-electron chi connectivity index (χ3n) is 4.89. The molecule has 1 aliphatic rings. The SMILES string of the molecule is C=C/C(C)=C(/C)C/C(=C\C)CCC1=CC=CCC(C)=C1.CCCCCC. The molecule has 26 heavy (non-hydrogen) atoms. The van der Waals surface area contributed by atoms with E-state index >= 15 is 0 Å². The van der Waals surface area contributed by atoms with E-state index in [0.717, 1.165) is 25.7 Å². The van der Waals surface area contributed by atoms with Crippen LogP contribution < -0.4 is 0 Å². The van der Waals surface area contributed by atoms with Crippen LogP contribution in [0, 0.1) is 0 Å². The van der Waals surface area contributed by atoms with Crippen molar-refractivity contribution in [3.8, 4) is 0 Å². The molecule has 0 saturated carbocycles. The van der Waals surface area contributed by atoms with Crippen molar-refractivity contribution < 1.29 is 0 Å². The van der Waals surface area contributed by atoms with Gasteiger partial charge < -0.3 is 0 Å². The van der Waals surface area contributed by atoms with Crippen LogP contribution in [0.3, 0.4) is 0 Å². The quantitative estimate of drug-likeness (QED) is 0.220. The van der Waals surface area contributed by atoms with Crippen LogP contribution in [0.2, 0.25) is 0 Å². The molecule has 0 amide bonds. The van der Waals surface area contributed by atoms with Crippen molar-refractivity contribution in [1.82, 2.24) is 0 Å². The Balaban J connectivity index is 0.000000896. The fourth-order valence-electron chi connectivity index (χ4n) is 2.82. The minimum absolute atomic E-state index is 1.07. The molecule has 0 aromatic heterocycles. The van der Waals surface area contributed by atoms with Crippen LogP contribution in [0.15, 0.2) is 70.9 Å². The first-order valence-electron chi connectivity index (χ1n) is 10.4. The van der Waals surface area contributed by atoms with Crippen molar-refractivity contribution >= 4 is 0 Å². The molecule has 0 aliphatic heterocycles. The van der Waals surface area contributed by atoms with Crippen LogP contribution in [0.25, 0.3) is 0 Å². The first-order chi connectivity index (χ1) is 12.5. The Labute approximate surface area is 164 Å². The first-order valence-corrected chi connectivity index (χ1v) is 10.4. The molecule has 1 aliphatic carbocycles. The van der Waals surface area contributed by atoms with Gasteiger partial charge in [0.25, 0.3) is 0 Å². The Kier molecular flexibility index (Phi) is 14.7. The fraction of sp³-hybridized carbons (Fsp3) is 0.538. The number of rotatable bonds is 9. The van der Waals surface area contributed by atoms with E-state index in [2.05, 4.69) is 78.5 Å². The molecule has 0 radical (unpaired) electrons. The van der Waals surface area contributed by atoms with Gasteiger partial charge in [0.05, 0.1) is 0 Å². The highest BCUT2D eigenvalue weighted by molar-refractivity contribution is 5.32. The molecule has 0 saturated heterocycles. The van der Waals surface area contributed by atoms with Crippen LogP contribution in [-0.4, -0.2) is 0 Å². The van der Waals surface area contributed by atoms with Gasteiger partial charge in [-0.3, -0.25) is 0 Å². The summed E-state index contributed by atoms with van der Waals surface area (Å²) in [5.41, 5.74) is 7.14. The summed E-state index contributed by atoms with van der Waals surface area (Å²) in [6, 6.07) is 0. The van der Waals surface area contributed by atoms with Gasteiger partial charge in [-0.25, -0.2) is 0 Å². The van der Waals surface area contributed by atoms with Crippen molar-refractivity contribution in [2.75, 3.05) is 0 Å². The second kappa shape index (κ2) is 15.7. The highest BCUT2D eigenvalue weighted by Crippen LogP contribution is 2.23. The normalized spacial score (nSPS) is 15.2. The van der Waals surface area contributed by atoms with Crippen molar-refractivity contribution in [2.45, 2.75) is 92.9 Å². The number of unbranched alkanes of at least 4 members (excludes halogenated alkanes) is 3. The second-order valence-corrected chi connectivity index (χ2v) is 7.36. The molecule has 0 aromatic carbocycles. The zero-order chi connectivity index (χ0) is 19.8. The molecule has 0 bridgehead atoms. The molecule has 0 nitrogen and oxygen atoms in total. The summed E-state index contributed by atoms with van der Waals surface area (Å²) in [6.07, 6.45) is 23.2. The maximum Gasteiger partial charge on any atom is -0.0106 e. The Morgan fingerprint density at radius 2 is 1.81 bits per heavy atom. The van der Waals surface area contributed by atoms with E-state index in [0.29, 0.717) is 0 Å². The van der Waals surface area contributed by atoms with Crippen LogP contribution in [0.4, 0.5) is 0 Å². The summed E-state index contributed by atoms with van der Waals surface area (Å²) in [7, 11) is 0. The number of hydrogen-bond acceptors (Lipinski definition) is 0. The van der Waals surface area contributed by atoms with E-state index in [4.69, 9.17) is 0 Å². The zero-order valence-electron chi connectivity index (χ0n) is 18.3. The highest BCUT2D eigenvalue weighted by atomic mass is 14.1. The van der Waals surface area contributed by atoms with E-state index < -0.39 is 0 Å². The number of allylic oxidation sites excluding steroid dienone is 11. The first kappa shape index (κ1) is 24.4. The molecule has 0 aromatic rings. The Morgan fingerprint density at radius 1 is 1.15 bits per heavy atom. The minimum Gasteiger partial charge on any atom is -0.0988 e. The molecule has 0 heteroatoms. The van der Waals surface area contributed by atoms with Crippen LogP contribution in [-0.2, 0) is 0 Å². The average Bonchev–Trinajstić information content (AvgIpc) is 2.86. The molecular formula is C26H42. The van der Waals surface area contributed by atoms with Gasteiger partial charge in [-0.15, -0.1) is 0 Å². The van der Waals surface area contributed by atoms with Gasteiger partial charge in [-0.05, 0) is 59.0 Å². The second-order valence-electron chi connectivity index (χ2n) is 7.36. The van der Waals surface area contributed by atoms with E-state index in [1.807, 2.05) is 6.08 Å². The van der Waals surface area contributed by atoms with Crippen molar-refractivity contribution in [3.05, 3.63) is 70.9 Å². The van der Waals surface area contributed by atoms with Crippen LogP contribution >= 0.6 is 0 Å². The smallest absolute Gasteiger partial charge is 0.0106 e. The van der Waals surface area contributed by atoms with E-state index in [1.165, 1.54) is 53.5 Å². The van der Waals surface area contributed by atoms with Gasteiger partial charge in [-0.2, -0.15) is 0 Å². The van der Waals surface area contributed by atoms with Crippen LogP contribution in [0.1, 0.15) is 92.9 Å². The number of hydrogen-bond donors (Lipinski definition) is 0. The topological polar surface area (TPSA) is 0 Å². The zero-order valence-corrected chi connectivity index (χ0v) is 18.3. The van der Waals surface area contributed by atoms with Crippen LogP contribution in [0.5, 0.6) is 0 Å². The monoisotopic (exact) mass is 354 g/mol. The minimum atomic E-state index is 1.07. The van der Waals surface area contributed by atoms with E-state index in [1.54, 1.807) is 0 Å². The third-order valence-corrected chi connectivity index (χ3v) is 4.89. The molecule has 0 unspecified atom stereocenters. The van der Waals surface area contributed by atoms with Crippen molar-refractivity contribution in [1.29, 1.82) is 0 Å². The predicted molar refractivity (Wildman–Crippen MR) is 122 cm³/mol. The summed E-state index contributed by atoms with van der Waals surface area (Å²) in [6.45, 7) is 17.0. The lowest BCUT2D eigenvalue weighted by molar-refractivity contribution is 0.702.